The Balaban J connectivity index is 1.83. The van der Waals surface area contributed by atoms with E-state index in [-0.39, 0.29) is 18.2 Å². The van der Waals surface area contributed by atoms with E-state index in [1.54, 1.807) is 0 Å². The number of nitrogens with one attached hydrogen (secondary N) is 1. The third kappa shape index (κ3) is 7.49. The lowest BCUT2D eigenvalue weighted by atomic mass is 9.89. The fourth-order valence-electron chi connectivity index (χ4n) is 3.74. The summed E-state index contributed by atoms with van der Waals surface area (Å²) in [4.78, 5) is 24.5. The highest BCUT2D eigenvalue weighted by Gasteiger charge is 2.23. The number of aryl methyl sites for hydroxylation is 1. The quantitative estimate of drug-likeness (QED) is 0.377. The van der Waals surface area contributed by atoms with E-state index in [1.165, 1.54) is 0 Å². The van der Waals surface area contributed by atoms with E-state index in [0.717, 1.165) is 28.9 Å². The maximum Gasteiger partial charge on any atom is 0.303 e. The first-order valence-corrected chi connectivity index (χ1v) is 11.3. The van der Waals surface area contributed by atoms with Crippen LogP contribution in [0, 0.1) is 5.92 Å². The molecule has 5 heteroatoms. The maximum atomic E-state index is 13.4. The summed E-state index contributed by atoms with van der Waals surface area (Å²) in [5, 5.41) is 12.2. The molecule has 33 heavy (non-hydrogen) atoms. The average Bonchev–Trinajstić information content (AvgIpc) is 2.81. The van der Waals surface area contributed by atoms with Crippen LogP contribution in [-0.4, -0.2) is 17.0 Å². The van der Waals surface area contributed by atoms with Crippen LogP contribution in [-0.2, 0) is 22.6 Å². The number of carbonyl (C=O) groups is 2. The molecule has 0 aliphatic heterocycles. The van der Waals surface area contributed by atoms with Gasteiger partial charge in [-0.15, -0.1) is 0 Å². The highest BCUT2D eigenvalue weighted by molar-refractivity contribution is 5.96. The van der Waals surface area contributed by atoms with Crippen LogP contribution in [0.2, 0.25) is 0 Å². The lowest BCUT2D eigenvalue weighted by molar-refractivity contribution is -0.137. The van der Waals surface area contributed by atoms with Crippen molar-refractivity contribution in [1.29, 1.82) is 0 Å². The lowest BCUT2D eigenvalue weighted by Crippen LogP contribution is -2.23. The molecule has 3 aromatic rings. The maximum absolute atomic E-state index is 13.4. The Bertz CT molecular complexity index is 1050. The van der Waals surface area contributed by atoms with Gasteiger partial charge in [0.1, 0.15) is 12.4 Å². The fourth-order valence-corrected chi connectivity index (χ4v) is 3.74. The van der Waals surface area contributed by atoms with Crippen LogP contribution in [0.5, 0.6) is 5.75 Å². The van der Waals surface area contributed by atoms with Crippen molar-refractivity contribution in [3.63, 3.8) is 0 Å². The summed E-state index contributed by atoms with van der Waals surface area (Å²) >= 11 is 0. The minimum absolute atomic E-state index is 0.00313. The number of hydrogen-bond acceptors (Lipinski definition) is 3. The van der Waals surface area contributed by atoms with E-state index < -0.39 is 5.97 Å². The molecule has 1 unspecified atom stereocenters. The first-order chi connectivity index (χ1) is 15.9. The second-order valence-electron chi connectivity index (χ2n) is 8.57. The van der Waals surface area contributed by atoms with Gasteiger partial charge < -0.3 is 15.2 Å². The summed E-state index contributed by atoms with van der Waals surface area (Å²) in [6.45, 7) is 4.55. The number of para-hydroxylation sites is 1. The molecule has 0 aliphatic carbocycles. The van der Waals surface area contributed by atoms with Gasteiger partial charge in [0.2, 0.25) is 5.91 Å². The molecule has 3 aromatic carbocycles. The molecule has 1 atom stereocenters. The molecular weight excluding hydrogens is 414 g/mol. The molecule has 0 saturated heterocycles. The zero-order chi connectivity index (χ0) is 23.6. The number of amides is 1. The van der Waals surface area contributed by atoms with Crippen LogP contribution in [0.3, 0.4) is 0 Å². The van der Waals surface area contributed by atoms with Crippen molar-refractivity contribution in [2.45, 2.75) is 45.6 Å². The van der Waals surface area contributed by atoms with Gasteiger partial charge in [0.15, 0.2) is 0 Å². The SMILES string of the molecule is CC(C)CC(C(=O)Nc1cc(COc2ccccc2)ccc1CCC(=O)O)c1ccccc1. The summed E-state index contributed by atoms with van der Waals surface area (Å²) in [6.07, 6.45) is 1.05. The molecule has 0 fully saturated rings. The third-order valence-corrected chi connectivity index (χ3v) is 5.41. The Kier molecular flexibility index (Phi) is 8.64. The van der Waals surface area contributed by atoms with E-state index in [1.807, 2.05) is 78.9 Å². The van der Waals surface area contributed by atoms with Crippen LogP contribution in [0.1, 0.15) is 49.3 Å². The standard InChI is InChI=1S/C28H31NO4/c1-20(2)17-25(22-9-5-3-6-10-22)28(32)29-26-18-21(13-14-23(26)15-16-27(30)31)19-33-24-11-7-4-8-12-24/h3-14,18,20,25H,15-17,19H2,1-2H3,(H,29,32)(H,30,31). The average molecular weight is 446 g/mol. The van der Waals surface area contributed by atoms with Gasteiger partial charge in [-0.1, -0.05) is 74.5 Å². The number of carbonyl (C=O) groups excluding carboxylic acids is 1. The van der Waals surface area contributed by atoms with Crippen LogP contribution < -0.4 is 10.1 Å². The first-order valence-electron chi connectivity index (χ1n) is 11.3. The number of rotatable bonds is 11. The highest BCUT2D eigenvalue weighted by Crippen LogP contribution is 2.28. The number of benzene rings is 3. The molecule has 0 bridgehead atoms. The van der Waals surface area contributed by atoms with Gasteiger partial charge in [0, 0.05) is 12.1 Å². The van der Waals surface area contributed by atoms with Crippen molar-refractivity contribution in [3.8, 4) is 5.75 Å². The van der Waals surface area contributed by atoms with Crippen molar-refractivity contribution in [2.75, 3.05) is 5.32 Å². The largest absolute Gasteiger partial charge is 0.489 e. The topological polar surface area (TPSA) is 75.6 Å². The van der Waals surface area contributed by atoms with Crippen LogP contribution in [0.4, 0.5) is 5.69 Å². The molecule has 0 aromatic heterocycles. The fraction of sp³-hybridized carbons (Fsp3) is 0.286. The number of hydrogen-bond donors (Lipinski definition) is 2. The normalized spacial score (nSPS) is 11.7. The minimum atomic E-state index is -0.870. The van der Waals surface area contributed by atoms with Crippen LogP contribution >= 0.6 is 0 Å². The van der Waals surface area contributed by atoms with E-state index >= 15 is 0 Å². The predicted molar refractivity (Wildman–Crippen MR) is 130 cm³/mol. The van der Waals surface area contributed by atoms with Crippen LogP contribution in [0.25, 0.3) is 0 Å². The Labute approximate surface area is 195 Å². The van der Waals surface area contributed by atoms with Crippen molar-refractivity contribution < 1.29 is 19.4 Å². The molecule has 0 aliphatic rings. The molecule has 0 heterocycles. The zero-order valence-corrected chi connectivity index (χ0v) is 19.2. The molecule has 5 nitrogen and oxygen atoms in total. The summed E-state index contributed by atoms with van der Waals surface area (Å²) in [5.41, 5.74) is 3.30. The monoisotopic (exact) mass is 445 g/mol. The molecule has 2 N–H and O–H groups in total. The van der Waals surface area contributed by atoms with Gasteiger partial charge in [-0.2, -0.15) is 0 Å². The van der Waals surface area contributed by atoms with Crippen LogP contribution in [0.15, 0.2) is 78.9 Å². The third-order valence-electron chi connectivity index (χ3n) is 5.41. The molecule has 3 rings (SSSR count). The lowest BCUT2D eigenvalue weighted by Gasteiger charge is -2.21. The van der Waals surface area contributed by atoms with Crippen molar-refractivity contribution in [1.82, 2.24) is 0 Å². The van der Waals surface area contributed by atoms with Crippen molar-refractivity contribution in [3.05, 3.63) is 95.6 Å². The predicted octanol–water partition coefficient (Wildman–Crippen LogP) is 6.05. The Morgan fingerprint density at radius 1 is 0.939 bits per heavy atom. The number of ether oxygens (including phenoxy) is 1. The van der Waals surface area contributed by atoms with Gasteiger partial charge >= 0.3 is 5.97 Å². The molecule has 1 amide bonds. The summed E-state index contributed by atoms with van der Waals surface area (Å²) in [6, 6.07) is 25.0. The van der Waals surface area contributed by atoms with Gasteiger partial charge in [-0.05, 0) is 53.6 Å². The summed E-state index contributed by atoms with van der Waals surface area (Å²) in [7, 11) is 0. The first kappa shape index (κ1) is 24.1. The van der Waals surface area contributed by atoms with Gasteiger partial charge in [-0.3, -0.25) is 9.59 Å². The van der Waals surface area contributed by atoms with E-state index in [4.69, 9.17) is 9.84 Å². The Hall–Kier alpha value is -3.60. The molecule has 0 spiro atoms. The van der Waals surface area contributed by atoms with Gasteiger partial charge in [0.05, 0.1) is 5.92 Å². The van der Waals surface area contributed by atoms with E-state index in [0.29, 0.717) is 24.6 Å². The second kappa shape index (κ2) is 11.9. The number of carboxylic acids is 1. The Morgan fingerprint density at radius 2 is 1.61 bits per heavy atom. The second-order valence-corrected chi connectivity index (χ2v) is 8.57. The molecule has 0 saturated carbocycles. The van der Waals surface area contributed by atoms with E-state index in [2.05, 4.69) is 19.2 Å². The van der Waals surface area contributed by atoms with Crippen molar-refractivity contribution in [2.24, 2.45) is 5.92 Å². The number of anilines is 1. The minimum Gasteiger partial charge on any atom is -0.489 e. The Morgan fingerprint density at radius 3 is 2.24 bits per heavy atom. The van der Waals surface area contributed by atoms with Crippen molar-refractivity contribution >= 4 is 17.6 Å². The summed E-state index contributed by atoms with van der Waals surface area (Å²) < 4.78 is 5.85. The smallest absolute Gasteiger partial charge is 0.303 e. The molecule has 172 valence electrons. The number of carboxylic acid groups (broad SMARTS) is 1. The van der Waals surface area contributed by atoms with Gasteiger partial charge in [-0.25, -0.2) is 0 Å². The van der Waals surface area contributed by atoms with Gasteiger partial charge in [0.25, 0.3) is 0 Å². The zero-order valence-electron chi connectivity index (χ0n) is 19.2. The highest BCUT2D eigenvalue weighted by atomic mass is 16.5. The van der Waals surface area contributed by atoms with E-state index in [9.17, 15) is 9.59 Å². The number of aliphatic carboxylic acids is 1. The molecule has 0 radical (unpaired) electrons. The summed E-state index contributed by atoms with van der Waals surface area (Å²) in [5.74, 6) is -0.141. The molecular formula is C28H31NO4.